The SMILES string of the molecule is C=C(/C=C\C(=C)S(=O)(=O)O)C(F)(F)F. The predicted octanol–water partition coefficient (Wildman–Crippen LogP) is 2.06. The first kappa shape index (κ1) is 12.9. The summed E-state index contributed by atoms with van der Waals surface area (Å²) in [5.41, 5.74) is -1.23. The number of halogens is 3. The first-order chi connectivity index (χ1) is 6.05. The third kappa shape index (κ3) is 4.24. The summed E-state index contributed by atoms with van der Waals surface area (Å²) in [5, 5.41) is 0. The average molecular weight is 228 g/mol. The zero-order valence-electron chi connectivity index (χ0n) is 6.87. The fourth-order valence-corrected chi connectivity index (χ4v) is 0.614. The molecule has 0 rings (SSSR count). The van der Waals surface area contributed by atoms with Crippen LogP contribution in [-0.4, -0.2) is 19.1 Å². The van der Waals surface area contributed by atoms with Crippen molar-refractivity contribution in [1.82, 2.24) is 0 Å². The highest BCUT2D eigenvalue weighted by atomic mass is 32.2. The number of rotatable bonds is 3. The topological polar surface area (TPSA) is 54.4 Å². The molecular formula is C7H7F3O3S. The number of hydrogen-bond acceptors (Lipinski definition) is 2. The predicted molar refractivity (Wildman–Crippen MR) is 45.0 cm³/mol. The molecule has 0 atom stereocenters. The van der Waals surface area contributed by atoms with E-state index >= 15 is 0 Å². The Morgan fingerprint density at radius 3 is 1.93 bits per heavy atom. The van der Waals surface area contributed by atoms with Gasteiger partial charge in [0.05, 0.1) is 4.91 Å². The number of hydrogen-bond donors (Lipinski definition) is 1. The largest absolute Gasteiger partial charge is 0.415 e. The van der Waals surface area contributed by atoms with E-state index in [1.54, 1.807) is 0 Å². The van der Waals surface area contributed by atoms with Crippen molar-refractivity contribution in [2.45, 2.75) is 6.18 Å². The highest BCUT2D eigenvalue weighted by Gasteiger charge is 2.29. The number of allylic oxidation sites excluding steroid dienone is 3. The molecule has 80 valence electrons. The summed E-state index contributed by atoms with van der Waals surface area (Å²) in [4.78, 5) is -0.831. The van der Waals surface area contributed by atoms with Crippen LogP contribution < -0.4 is 0 Å². The molecule has 0 aromatic carbocycles. The summed E-state index contributed by atoms with van der Waals surface area (Å²) in [6.45, 7) is 5.50. The molecular weight excluding hydrogens is 221 g/mol. The molecule has 0 amide bonds. The van der Waals surface area contributed by atoms with E-state index in [0.29, 0.717) is 12.2 Å². The van der Waals surface area contributed by atoms with Gasteiger partial charge in [-0.1, -0.05) is 13.2 Å². The highest BCUT2D eigenvalue weighted by molar-refractivity contribution is 7.90. The maximum Gasteiger partial charge on any atom is 0.415 e. The maximum atomic E-state index is 11.8. The Kier molecular flexibility index (Phi) is 3.66. The monoisotopic (exact) mass is 228 g/mol. The van der Waals surface area contributed by atoms with Crippen LogP contribution in [0.5, 0.6) is 0 Å². The molecule has 0 saturated heterocycles. The molecule has 7 heteroatoms. The molecule has 1 N–H and O–H groups in total. The third-order valence-electron chi connectivity index (χ3n) is 1.17. The van der Waals surface area contributed by atoms with Crippen molar-refractivity contribution in [3.63, 3.8) is 0 Å². The van der Waals surface area contributed by atoms with E-state index in [-0.39, 0.29) is 0 Å². The lowest BCUT2D eigenvalue weighted by Gasteiger charge is -2.04. The van der Waals surface area contributed by atoms with Crippen molar-refractivity contribution in [3.05, 3.63) is 35.8 Å². The lowest BCUT2D eigenvalue weighted by molar-refractivity contribution is -0.0878. The van der Waals surface area contributed by atoms with E-state index in [1.165, 1.54) is 0 Å². The molecule has 0 aliphatic rings. The fourth-order valence-electron chi connectivity index (χ4n) is 0.374. The van der Waals surface area contributed by atoms with Gasteiger partial charge in [-0.25, -0.2) is 0 Å². The van der Waals surface area contributed by atoms with Gasteiger partial charge in [-0.2, -0.15) is 21.6 Å². The molecule has 0 heterocycles. The molecule has 0 aromatic rings. The number of alkyl halides is 3. The van der Waals surface area contributed by atoms with E-state index < -0.39 is 26.8 Å². The van der Waals surface area contributed by atoms with Crippen molar-refractivity contribution in [3.8, 4) is 0 Å². The molecule has 3 nitrogen and oxygen atoms in total. The lowest BCUT2D eigenvalue weighted by Crippen LogP contribution is -2.08. The third-order valence-corrected chi connectivity index (χ3v) is 1.96. The molecule has 0 fully saturated rings. The Bertz CT molecular complexity index is 375. The van der Waals surface area contributed by atoms with Crippen LogP contribution in [0.15, 0.2) is 35.8 Å². The van der Waals surface area contributed by atoms with Crippen LogP contribution in [0.4, 0.5) is 13.2 Å². The van der Waals surface area contributed by atoms with Crippen molar-refractivity contribution in [1.29, 1.82) is 0 Å². The van der Waals surface area contributed by atoms with Crippen molar-refractivity contribution in [2.75, 3.05) is 0 Å². The Morgan fingerprint density at radius 1 is 1.21 bits per heavy atom. The lowest BCUT2D eigenvalue weighted by atomic mass is 10.2. The Morgan fingerprint density at radius 2 is 1.64 bits per heavy atom. The van der Waals surface area contributed by atoms with Gasteiger partial charge in [0, 0.05) is 5.57 Å². The minimum Gasteiger partial charge on any atom is -0.282 e. The fraction of sp³-hybridized carbons (Fsp3) is 0.143. The molecule has 0 aliphatic carbocycles. The summed E-state index contributed by atoms with van der Waals surface area (Å²) in [6.07, 6.45) is -3.70. The van der Waals surface area contributed by atoms with Crippen molar-refractivity contribution >= 4 is 10.1 Å². The van der Waals surface area contributed by atoms with Gasteiger partial charge in [0.1, 0.15) is 0 Å². The molecule has 0 aromatic heterocycles. The van der Waals surface area contributed by atoms with E-state index in [0.717, 1.165) is 0 Å². The van der Waals surface area contributed by atoms with Gasteiger partial charge in [0.25, 0.3) is 10.1 Å². The normalized spacial score (nSPS) is 13.1. The average Bonchev–Trinajstić information content (AvgIpc) is 1.95. The van der Waals surface area contributed by atoms with Gasteiger partial charge in [0.15, 0.2) is 0 Å². The Hall–Kier alpha value is -1.08. The Labute approximate surface area is 79.0 Å². The summed E-state index contributed by atoms with van der Waals surface area (Å²) < 4.78 is 64.3. The maximum absolute atomic E-state index is 11.8. The van der Waals surface area contributed by atoms with E-state index in [2.05, 4.69) is 13.2 Å². The van der Waals surface area contributed by atoms with Gasteiger partial charge >= 0.3 is 6.18 Å². The van der Waals surface area contributed by atoms with Crippen LogP contribution in [-0.2, 0) is 10.1 Å². The quantitative estimate of drug-likeness (QED) is 0.594. The smallest absolute Gasteiger partial charge is 0.282 e. The minimum absolute atomic E-state index is 0.413. The summed E-state index contributed by atoms with van der Waals surface area (Å²) in [7, 11) is -4.53. The summed E-state index contributed by atoms with van der Waals surface area (Å²) in [5.74, 6) is 0. The first-order valence-corrected chi connectivity index (χ1v) is 4.59. The standard InChI is InChI=1S/C7H7F3O3S/c1-5(7(8,9)10)3-4-6(2)14(11,12)13/h3-4H,1-2H2,(H,11,12,13)/b4-3-. The van der Waals surface area contributed by atoms with E-state index in [9.17, 15) is 21.6 Å². The van der Waals surface area contributed by atoms with Crippen LogP contribution in [0.1, 0.15) is 0 Å². The molecule has 0 unspecified atom stereocenters. The first-order valence-electron chi connectivity index (χ1n) is 3.15. The molecule has 0 spiro atoms. The summed E-state index contributed by atoms with van der Waals surface area (Å²) >= 11 is 0. The molecule has 0 saturated carbocycles. The second kappa shape index (κ2) is 3.97. The van der Waals surface area contributed by atoms with Crippen LogP contribution in [0.2, 0.25) is 0 Å². The minimum atomic E-state index is -4.63. The van der Waals surface area contributed by atoms with Crippen LogP contribution in [0.3, 0.4) is 0 Å². The van der Waals surface area contributed by atoms with Crippen LogP contribution >= 0.6 is 0 Å². The zero-order valence-corrected chi connectivity index (χ0v) is 7.69. The van der Waals surface area contributed by atoms with E-state index in [1.807, 2.05) is 0 Å². The molecule has 0 radical (unpaired) electrons. The highest BCUT2D eigenvalue weighted by Crippen LogP contribution is 2.25. The van der Waals surface area contributed by atoms with Gasteiger partial charge < -0.3 is 0 Å². The van der Waals surface area contributed by atoms with Crippen LogP contribution in [0, 0.1) is 0 Å². The molecule has 0 aliphatic heterocycles. The second-order valence-electron chi connectivity index (χ2n) is 2.30. The van der Waals surface area contributed by atoms with E-state index in [4.69, 9.17) is 4.55 Å². The summed E-state index contributed by atoms with van der Waals surface area (Å²) in [6, 6.07) is 0. The van der Waals surface area contributed by atoms with Gasteiger partial charge in [-0.3, -0.25) is 4.55 Å². The van der Waals surface area contributed by atoms with Crippen molar-refractivity contribution in [2.24, 2.45) is 0 Å². The van der Waals surface area contributed by atoms with Crippen molar-refractivity contribution < 1.29 is 26.1 Å². The van der Waals surface area contributed by atoms with Crippen LogP contribution in [0.25, 0.3) is 0 Å². The molecule has 14 heavy (non-hydrogen) atoms. The Balaban J connectivity index is 4.66. The van der Waals surface area contributed by atoms with Gasteiger partial charge in [0.2, 0.25) is 0 Å². The van der Waals surface area contributed by atoms with Gasteiger partial charge in [-0.15, -0.1) is 0 Å². The van der Waals surface area contributed by atoms with Gasteiger partial charge in [-0.05, 0) is 12.2 Å². The zero-order chi connectivity index (χ0) is 11.6. The molecule has 0 bridgehead atoms. The second-order valence-corrected chi connectivity index (χ2v) is 3.77.